The zero-order chi connectivity index (χ0) is 13.9. The molecule has 2 amide bonds. The van der Waals surface area contributed by atoms with Crippen molar-refractivity contribution in [2.75, 3.05) is 5.01 Å². The Hall–Kier alpha value is -2.29. The molecule has 1 aromatic carbocycles. The summed E-state index contributed by atoms with van der Waals surface area (Å²) in [4.78, 5) is 15.6. The van der Waals surface area contributed by atoms with E-state index in [4.69, 9.17) is 20.8 Å². The quantitative estimate of drug-likeness (QED) is 0.789. The lowest BCUT2D eigenvalue weighted by atomic mass is 10.3. The molecule has 0 radical (unpaired) electrons. The number of carbonyl (C=O) groups is 1. The number of oxazole rings is 1. The van der Waals surface area contributed by atoms with Crippen LogP contribution in [0.4, 0.5) is 10.5 Å². The van der Waals surface area contributed by atoms with Crippen LogP contribution in [0, 0.1) is 0 Å². The summed E-state index contributed by atoms with van der Waals surface area (Å²) in [6.07, 6.45) is 2.97. The summed E-state index contributed by atoms with van der Waals surface area (Å²) in [5.74, 6) is 0.756. The number of rotatable bonds is 4. The average molecular weight is 296 g/mol. The van der Waals surface area contributed by atoms with Gasteiger partial charge in [-0.25, -0.2) is 14.8 Å². The highest BCUT2D eigenvalue weighted by molar-refractivity contribution is 6.32. The lowest BCUT2D eigenvalue weighted by Gasteiger charge is -2.18. The first-order valence-corrected chi connectivity index (χ1v) is 6.04. The number of anilines is 1. The number of hydrogen-bond donors (Lipinski definition) is 3. The molecule has 2 aromatic rings. The number of para-hydroxylation sites is 1. The van der Waals surface area contributed by atoms with E-state index in [0.29, 0.717) is 22.4 Å². The molecule has 9 heteroatoms. The van der Waals surface area contributed by atoms with Gasteiger partial charge in [-0.05, 0) is 12.1 Å². The van der Waals surface area contributed by atoms with Gasteiger partial charge in [-0.15, -0.1) is 11.1 Å². The molecule has 0 aliphatic carbocycles. The number of aromatic nitrogens is 1. The van der Waals surface area contributed by atoms with Crippen LogP contribution in [0.1, 0.15) is 5.89 Å². The van der Waals surface area contributed by atoms with Gasteiger partial charge in [0.15, 0.2) is 12.4 Å². The lowest BCUT2D eigenvalue weighted by molar-refractivity contribution is 0.249. The van der Waals surface area contributed by atoms with Gasteiger partial charge in [0, 0.05) is 0 Å². The molecule has 1 aliphatic rings. The molecule has 104 valence electrons. The number of benzene rings is 1. The van der Waals surface area contributed by atoms with Crippen molar-refractivity contribution >= 4 is 23.3 Å². The molecular weight excluding hydrogens is 286 g/mol. The molecule has 0 spiro atoms. The number of nitrogens with zero attached hydrogens (tertiary/aromatic N) is 2. The van der Waals surface area contributed by atoms with E-state index in [2.05, 4.69) is 21.5 Å². The molecule has 0 unspecified atom stereocenters. The summed E-state index contributed by atoms with van der Waals surface area (Å²) < 4.78 is 10.7. The Bertz CT molecular complexity index is 619. The second-order valence-electron chi connectivity index (χ2n) is 3.80. The Kier molecular flexibility index (Phi) is 3.42. The van der Waals surface area contributed by atoms with Crippen LogP contribution in [-0.4, -0.2) is 11.0 Å². The van der Waals surface area contributed by atoms with E-state index in [9.17, 15) is 4.79 Å². The Balaban J connectivity index is 1.86. The second kappa shape index (κ2) is 5.37. The predicted molar refractivity (Wildman–Crippen MR) is 69.6 cm³/mol. The molecule has 1 aromatic heterocycles. The number of halogens is 1. The predicted octanol–water partition coefficient (Wildman–Crippen LogP) is 1.36. The van der Waals surface area contributed by atoms with E-state index in [-0.39, 0.29) is 12.6 Å². The summed E-state index contributed by atoms with van der Waals surface area (Å²) in [6.45, 7) is 0.104. The summed E-state index contributed by atoms with van der Waals surface area (Å²) in [7, 11) is 0. The first-order chi connectivity index (χ1) is 9.75. The topological polar surface area (TPSA) is 91.7 Å². The fourth-order valence-corrected chi connectivity index (χ4v) is 1.91. The van der Waals surface area contributed by atoms with Gasteiger partial charge in [-0.3, -0.25) is 5.43 Å². The third kappa shape index (κ3) is 2.39. The highest BCUT2D eigenvalue weighted by atomic mass is 35.5. The smallest absolute Gasteiger partial charge is 0.353 e. The van der Waals surface area contributed by atoms with Crippen molar-refractivity contribution in [3.8, 4) is 5.75 Å². The molecule has 20 heavy (non-hydrogen) atoms. The van der Waals surface area contributed by atoms with Crippen LogP contribution in [-0.2, 0) is 6.61 Å². The molecule has 0 bridgehead atoms. The minimum absolute atomic E-state index is 0.104. The van der Waals surface area contributed by atoms with Gasteiger partial charge in [-0.1, -0.05) is 17.7 Å². The molecule has 3 N–H and O–H groups in total. The van der Waals surface area contributed by atoms with Gasteiger partial charge in [0.25, 0.3) is 0 Å². The van der Waals surface area contributed by atoms with Crippen molar-refractivity contribution in [2.45, 2.75) is 6.61 Å². The maximum Gasteiger partial charge on any atom is 0.353 e. The van der Waals surface area contributed by atoms with E-state index in [1.54, 1.807) is 18.2 Å². The molecular formula is C11H10ClN5O3. The first-order valence-electron chi connectivity index (χ1n) is 5.66. The summed E-state index contributed by atoms with van der Waals surface area (Å²) in [5.41, 5.74) is 7.96. The van der Waals surface area contributed by atoms with Crippen molar-refractivity contribution in [1.82, 2.24) is 21.5 Å². The third-order valence-corrected chi connectivity index (χ3v) is 2.85. The largest absolute Gasteiger partial charge is 0.480 e. The zero-order valence-corrected chi connectivity index (χ0v) is 10.8. The van der Waals surface area contributed by atoms with E-state index >= 15 is 0 Å². The van der Waals surface area contributed by atoms with Crippen molar-refractivity contribution in [1.29, 1.82) is 0 Å². The van der Waals surface area contributed by atoms with Gasteiger partial charge in [0.2, 0.25) is 5.89 Å². The Morgan fingerprint density at radius 1 is 1.45 bits per heavy atom. The molecule has 1 aliphatic heterocycles. The molecule has 0 atom stereocenters. The minimum atomic E-state index is -0.381. The van der Waals surface area contributed by atoms with Crippen molar-refractivity contribution in [3.05, 3.63) is 41.6 Å². The Labute approximate surface area is 118 Å². The van der Waals surface area contributed by atoms with E-state index in [1.165, 1.54) is 17.5 Å². The van der Waals surface area contributed by atoms with Crippen molar-refractivity contribution in [2.24, 2.45) is 0 Å². The van der Waals surface area contributed by atoms with Gasteiger partial charge in [0.05, 0.1) is 11.2 Å². The van der Waals surface area contributed by atoms with Crippen LogP contribution >= 0.6 is 11.6 Å². The molecule has 2 heterocycles. The summed E-state index contributed by atoms with van der Waals surface area (Å²) >= 11 is 6.11. The maximum absolute atomic E-state index is 11.6. The van der Waals surface area contributed by atoms with Gasteiger partial charge < -0.3 is 9.15 Å². The van der Waals surface area contributed by atoms with Crippen LogP contribution in [0.25, 0.3) is 0 Å². The van der Waals surface area contributed by atoms with Gasteiger partial charge in [0.1, 0.15) is 12.0 Å². The monoisotopic (exact) mass is 295 g/mol. The fourth-order valence-electron chi connectivity index (χ4n) is 1.69. The number of amides is 2. The van der Waals surface area contributed by atoms with Crippen LogP contribution in [0.5, 0.6) is 5.75 Å². The summed E-state index contributed by atoms with van der Waals surface area (Å²) in [5, 5.41) is 1.60. The van der Waals surface area contributed by atoms with Gasteiger partial charge >= 0.3 is 6.03 Å². The van der Waals surface area contributed by atoms with Crippen LogP contribution < -0.4 is 26.2 Å². The standard InChI is InChI=1S/C11H10ClN5O3/c12-7-2-1-3-8(17-11(18)14-15-16-17)10(7)20-6-9-13-4-5-19-9/h1-5,15-16H,6H2,(H,14,18). The number of nitrogens with one attached hydrogen (secondary N) is 3. The number of hydrazine groups is 3. The number of ether oxygens (including phenoxy) is 1. The number of carbonyl (C=O) groups excluding carboxylic acids is 1. The Morgan fingerprint density at radius 2 is 2.35 bits per heavy atom. The molecule has 1 fully saturated rings. The highest BCUT2D eigenvalue weighted by Crippen LogP contribution is 2.35. The third-order valence-electron chi connectivity index (χ3n) is 2.55. The normalized spacial score (nSPS) is 14.4. The molecule has 0 saturated carbocycles. The average Bonchev–Trinajstić information content (AvgIpc) is 3.08. The number of urea groups is 1. The van der Waals surface area contributed by atoms with E-state index in [0.717, 1.165) is 0 Å². The molecule has 8 nitrogen and oxygen atoms in total. The number of hydrogen-bond acceptors (Lipinski definition) is 6. The molecule has 1 saturated heterocycles. The SMILES string of the molecule is O=C1NNNN1c1cccc(Cl)c1OCc1ncco1. The second-order valence-corrected chi connectivity index (χ2v) is 4.21. The first kappa shape index (κ1) is 12.7. The molecule has 3 rings (SSSR count). The minimum Gasteiger partial charge on any atom is -0.480 e. The highest BCUT2D eigenvalue weighted by Gasteiger charge is 2.25. The lowest BCUT2D eigenvalue weighted by Crippen LogP contribution is -2.37. The zero-order valence-electron chi connectivity index (χ0n) is 10.1. The summed E-state index contributed by atoms with van der Waals surface area (Å²) in [6, 6.07) is 4.68. The fraction of sp³-hybridized carbons (Fsp3) is 0.0909. The van der Waals surface area contributed by atoms with Crippen molar-refractivity contribution < 1.29 is 13.9 Å². The maximum atomic E-state index is 11.6. The van der Waals surface area contributed by atoms with E-state index < -0.39 is 0 Å². The van der Waals surface area contributed by atoms with Crippen molar-refractivity contribution in [3.63, 3.8) is 0 Å². The van der Waals surface area contributed by atoms with Gasteiger partial charge in [-0.2, -0.15) is 0 Å². The van der Waals surface area contributed by atoms with Crippen LogP contribution in [0.15, 0.2) is 35.1 Å². The van der Waals surface area contributed by atoms with Crippen LogP contribution in [0.3, 0.4) is 0 Å². The van der Waals surface area contributed by atoms with Crippen LogP contribution in [0.2, 0.25) is 5.02 Å². The Morgan fingerprint density at radius 3 is 3.05 bits per heavy atom. The van der Waals surface area contributed by atoms with E-state index in [1.807, 2.05) is 0 Å².